The van der Waals surface area contributed by atoms with Crippen molar-refractivity contribution in [3.8, 4) is 0 Å². The minimum Gasteiger partial charge on any atom is -0.480 e. The number of urea groups is 1. The number of carbonyl (C=O) groups excluding carboxylic acids is 2. The molecule has 2 fully saturated rings. The van der Waals surface area contributed by atoms with Crippen LogP contribution in [-0.4, -0.2) is 65.0 Å². The summed E-state index contributed by atoms with van der Waals surface area (Å²) < 4.78 is 0. The molecule has 2 aliphatic rings. The molecule has 2 rings (SSSR count). The number of nitrogens with one attached hydrogen (secondary N) is 1. The lowest BCUT2D eigenvalue weighted by atomic mass is 10.2. The van der Waals surface area contributed by atoms with Gasteiger partial charge in [-0.2, -0.15) is 0 Å². The second-order valence-electron chi connectivity index (χ2n) is 4.94. The molecule has 0 aromatic heterocycles. The van der Waals surface area contributed by atoms with Crippen molar-refractivity contribution in [1.29, 1.82) is 0 Å². The Morgan fingerprint density at radius 2 is 1.79 bits per heavy atom. The summed E-state index contributed by atoms with van der Waals surface area (Å²) in [4.78, 5) is 37.6. The Balaban J connectivity index is 1.80. The molecule has 0 aromatic carbocycles. The first-order valence-corrected chi connectivity index (χ1v) is 6.64. The number of nitrogens with zero attached hydrogens (tertiary/aromatic N) is 2. The van der Waals surface area contributed by atoms with Crippen molar-refractivity contribution in [2.75, 3.05) is 26.2 Å². The van der Waals surface area contributed by atoms with E-state index < -0.39 is 18.0 Å². The molecular formula is C12H19N3O4. The Labute approximate surface area is 111 Å². The fraction of sp³-hybridized carbons (Fsp3) is 0.750. The molecule has 0 bridgehead atoms. The summed E-state index contributed by atoms with van der Waals surface area (Å²) in [7, 11) is 0. The fourth-order valence-electron chi connectivity index (χ4n) is 2.60. The maximum Gasteiger partial charge on any atom is 0.326 e. The van der Waals surface area contributed by atoms with Crippen molar-refractivity contribution in [2.45, 2.75) is 31.7 Å². The Kier molecular flexibility index (Phi) is 4.24. The molecule has 0 radical (unpaired) electrons. The van der Waals surface area contributed by atoms with Crippen LogP contribution in [0.5, 0.6) is 0 Å². The maximum absolute atomic E-state index is 11.9. The van der Waals surface area contributed by atoms with Crippen LogP contribution in [0, 0.1) is 0 Å². The molecule has 0 aliphatic carbocycles. The van der Waals surface area contributed by atoms with Crippen LogP contribution in [0.2, 0.25) is 0 Å². The maximum atomic E-state index is 11.9. The standard InChI is InChI=1S/C12H19N3O4/c16-10(14-5-1-2-6-14)8-13-12(19)15-7-3-4-9(15)11(17)18/h9H,1-8H2,(H,13,19)(H,17,18)/t9-/m0/s1. The summed E-state index contributed by atoms with van der Waals surface area (Å²) in [5, 5.41) is 11.5. The first-order chi connectivity index (χ1) is 9.09. The topological polar surface area (TPSA) is 90.0 Å². The highest BCUT2D eigenvalue weighted by molar-refractivity contribution is 5.87. The summed E-state index contributed by atoms with van der Waals surface area (Å²) in [5.74, 6) is -1.09. The Bertz CT molecular complexity index is 379. The van der Waals surface area contributed by atoms with Gasteiger partial charge in [-0.15, -0.1) is 0 Å². The van der Waals surface area contributed by atoms with E-state index in [-0.39, 0.29) is 12.5 Å². The first-order valence-electron chi connectivity index (χ1n) is 6.64. The Morgan fingerprint density at radius 1 is 1.11 bits per heavy atom. The summed E-state index contributed by atoms with van der Waals surface area (Å²) in [6.45, 7) is 1.87. The number of likely N-dealkylation sites (tertiary alicyclic amines) is 2. The molecule has 7 heteroatoms. The van der Waals surface area contributed by atoms with E-state index in [9.17, 15) is 14.4 Å². The molecule has 0 saturated carbocycles. The van der Waals surface area contributed by atoms with Gasteiger partial charge in [-0.1, -0.05) is 0 Å². The molecule has 3 amide bonds. The summed E-state index contributed by atoms with van der Waals surface area (Å²) >= 11 is 0. The van der Waals surface area contributed by atoms with Crippen LogP contribution < -0.4 is 5.32 Å². The summed E-state index contributed by atoms with van der Waals surface area (Å²) in [5.41, 5.74) is 0. The van der Waals surface area contributed by atoms with Crippen molar-refractivity contribution in [3.05, 3.63) is 0 Å². The Morgan fingerprint density at radius 3 is 2.42 bits per heavy atom. The molecule has 1 atom stereocenters. The lowest BCUT2D eigenvalue weighted by Crippen LogP contribution is -2.48. The second kappa shape index (κ2) is 5.90. The van der Waals surface area contributed by atoms with Gasteiger partial charge in [-0.25, -0.2) is 9.59 Å². The van der Waals surface area contributed by atoms with Gasteiger partial charge in [0.25, 0.3) is 0 Å². The van der Waals surface area contributed by atoms with E-state index in [1.807, 2.05) is 0 Å². The van der Waals surface area contributed by atoms with Gasteiger partial charge >= 0.3 is 12.0 Å². The molecule has 0 spiro atoms. The lowest BCUT2D eigenvalue weighted by molar-refractivity contribution is -0.141. The largest absolute Gasteiger partial charge is 0.480 e. The van der Waals surface area contributed by atoms with Gasteiger partial charge in [0.05, 0.1) is 6.54 Å². The van der Waals surface area contributed by atoms with Crippen molar-refractivity contribution in [2.24, 2.45) is 0 Å². The number of rotatable bonds is 3. The molecule has 2 saturated heterocycles. The lowest BCUT2D eigenvalue weighted by Gasteiger charge is -2.22. The van der Waals surface area contributed by atoms with Crippen molar-refractivity contribution in [1.82, 2.24) is 15.1 Å². The van der Waals surface area contributed by atoms with Gasteiger partial charge in [0.1, 0.15) is 6.04 Å². The van der Waals surface area contributed by atoms with Gasteiger partial charge < -0.3 is 20.2 Å². The molecule has 0 unspecified atom stereocenters. The molecular weight excluding hydrogens is 250 g/mol. The number of carboxylic acid groups (broad SMARTS) is 1. The predicted octanol–water partition coefficient (Wildman–Crippen LogP) is -0.133. The third kappa shape index (κ3) is 3.15. The molecule has 19 heavy (non-hydrogen) atoms. The smallest absolute Gasteiger partial charge is 0.326 e. The third-order valence-electron chi connectivity index (χ3n) is 3.65. The minimum absolute atomic E-state index is 0.0539. The van der Waals surface area contributed by atoms with Crippen LogP contribution in [0.3, 0.4) is 0 Å². The first kappa shape index (κ1) is 13.6. The number of amides is 3. The minimum atomic E-state index is -0.987. The molecule has 106 valence electrons. The van der Waals surface area contributed by atoms with Crippen LogP contribution in [0.4, 0.5) is 4.79 Å². The number of carbonyl (C=O) groups is 3. The van der Waals surface area contributed by atoms with Gasteiger partial charge in [0, 0.05) is 19.6 Å². The number of hydrogen-bond donors (Lipinski definition) is 2. The SMILES string of the molecule is O=C(O)[C@@H]1CCCN1C(=O)NCC(=O)N1CCCC1. The van der Waals surface area contributed by atoms with Crippen LogP contribution in [0.15, 0.2) is 0 Å². The van der Waals surface area contributed by atoms with Crippen molar-refractivity contribution >= 4 is 17.9 Å². The normalized spacial score (nSPS) is 22.6. The van der Waals surface area contributed by atoms with E-state index in [1.54, 1.807) is 4.90 Å². The molecule has 7 nitrogen and oxygen atoms in total. The zero-order valence-corrected chi connectivity index (χ0v) is 10.8. The van der Waals surface area contributed by atoms with Crippen LogP contribution in [-0.2, 0) is 9.59 Å². The van der Waals surface area contributed by atoms with E-state index in [2.05, 4.69) is 5.32 Å². The summed E-state index contributed by atoms with van der Waals surface area (Å²) in [6, 6.07) is -1.22. The summed E-state index contributed by atoms with van der Waals surface area (Å²) in [6.07, 6.45) is 3.17. The van der Waals surface area contributed by atoms with E-state index in [0.29, 0.717) is 19.4 Å². The van der Waals surface area contributed by atoms with Gasteiger partial charge in [0.15, 0.2) is 0 Å². The van der Waals surface area contributed by atoms with Crippen LogP contribution in [0.1, 0.15) is 25.7 Å². The second-order valence-corrected chi connectivity index (χ2v) is 4.94. The number of hydrogen-bond acceptors (Lipinski definition) is 3. The van der Waals surface area contributed by atoms with Gasteiger partial charge in [0.2, 0.25) is 5.91 Å². The van der Waals surface area contributed by atoms with E-state index in [4.69, 9.17) is 5.11 Å². The van der Waals surface area contributed by atoms with Crippen molar-refractivity contribution < 1.29 is 19.5 Å². The Hall–Kier alpha value is -1.79. The quantitative estimate of drug-likeness (QED) is 0.746. The third-order valence-corrected chi connectivity index (χ3v) is 3.65. The van der Waals surface area contributed by atoms with Crippen LogP contribution >= 0.6 is 0 Å². The zero-order valence-electron chi connectivity index (χ0n) is 10.8. The van der Waals surface area contributed by atoms with E-state index in [1.165, 1.54) is 4.90 Å². The number of carboxylic acids is 1. The van der Waals surface area contributed by atoms with Gasteiger partial charge in [-0.05, 0) is 25.7 Å². The number of aliphatic carboxylic acids is 1. The zero-order chi connectivity index (χ0) is 13.8. The molecule has 2 heterocycles. The monoisotopic (exact) mass is 269 g/mol. The highest BCUT2D eigenvalue weighted by Crippen LogP contribution is 2.17. The predicted molar refractivity (Wildman–Crippen MR) is 66.6 cm³/mol. The van der Waals surface area contributed by atoms with Crippen molar-refractivity contribution in [3.63, 3.8) is 0 Å². The average molecular weight is 269 g/mol. The average Bonchev–Trinajstić information content (AvgIpc) is 3.04. The highest BCUT2D eigenvalue weighted by Gasteiger charge is 2.34. The van der Waals surface area contributed by atoms with Gasteiger partial charge in [-0.3, -0.25) is 4.79 Å². The van der Waals surface area contributed by atoms with E-state index >= 15 is 0 Å². The molecule has 2 N–H and O–H groups in total. The molecule has 2 aliphatic heterocycles. The van der Waals surface area contributed by atoms with E-state index in [0.717, 1.165) is 25.9 Å². The van der Waals surface area contributed by atoms with Crippen LogP contribution in [0.25, 0.3) is 0 Å². The molecule has 0 aromatic rings. The fourth-order valence-corrected chi connectivity index (χ4v) is 2.60. The highest BCUT2D eigenvalue weighted by atomic mass is 16.4.